The van der Waals surface area contributed by atoms with Crippen molar-refractivity contribution < 1.29 is 15.0 Å². The van der Waals surface area contributed by atoms with E-state index in [0.29, 0.717) is 6.42 Å². The fourth-order valence-corrected chi connectivity index (χ4v) is 4.46. The molecule has 0 bridgehead atoms. The Bertz CT molecular complexity index is 692. The molecule has 0 saturated heterocycles. The molecule has 0 saturated carbocycles. The van der Waals surface area contributed by atoms with Gasteiger partial charge < -0.3 is 15.5 Å². The first-order valence-electron chi connectivity index (χ1n) is 16.5. The standard InChI is InChI=1S/C36H63NO3/c1-3-5-7-9-11-13-14-15-16-17-18-19-20-21-22-24-26-28-30-32-36(40)37-34(33-38)35(39)31-29-27-25-23-12-10-8-6-4-2/h5,7,11,13,15-16,18-19,29,31,34-35,38-39H,3-4,6,8-10,12,14,17,20-28,30,32-33H2,1-2H3,(H,37,40)/b7-5-,13-11-,16-15-,19-18-,31-29+. The van der Waals surface area contributed by atoms with Crippen molar-refractivity contribution in [2.45, 2.75) is 154 Å². The van der Waals surface area contributed by atoms with Gasteiger partial charge in [0, 0.05) is 6.42 Å². The van der Waals surface area contributed by atoms with Gasteiger partial charge in [0.1, 0.15) is 0 Å². The number of carbonyl (C=O) groups is 1. The minimum absolute atomic E-state index is 0.0853. The minimum atomic E-state index is -0.844. The summed E-state index contributed by atoms with van der Waals surface area (Å²) in [6, 6.07) is -0.629. The average Bonchev–Trinajstić information content (AvgIpc) is 2.96. The third-order valence-electron chi connectivity index (χ3n) is 7.01. The maximum Gasteiger partial charge on any atom is 0.220 e. The van der Waals surface area contributed by atoms with Crippen molar-refractivity contribution in [3.05, 3.63) is 60.8 Å². The Morgan fingerprint density at radius 2 is 1.10 bits per heavy atom. The van der Waals surface area contributed by atoms with Crippen LogP contribution in [0.3, 0.4) is 0 Å². The number of carbonyl (C=O) groups excluding carboxylic acids is 1. The lowest BCUT2D eigenvalue weighted by atomic mass is 10.1. The Labute approximate surface area is 247 Å². The van der Waals surface area contributed by atoms with E-state index < -0.39 is 12.1 Å². The van der Waals surface area contributed by atoms with Gasteiger partial charge in [-0.1, -0.05) is 139 Å². The fourth-order valence-electron chi connectivity index (χ4n) is 4.46. The zero-order valence-electron chi connectivity index (χ0n) is 26.1. The fraction of sp³-hybridized carbons (Fsp3) is 0.694. The normalized spacial score (nSPS) is 14.0. The quantitative estimate of drug-likeness (QED) is 0.0663. The van der Waals surface area contributed by atoms with Gasteiger partial charge in [-0.2, -0.15) is 0 Å². The molecule has 0 aromatic heterocycles. The van der Waals surface area contributed by atoms with Gasteiger partial charge in [-0.05, 0) is 57.8 Å². The SMILES string of the molecule is CC/C=C\C/C=C\C/C=C\C/C=C\CCCCCCCCC(=O)NC(CO)C(O)/C=C/CCCCCCCCC. The number of allylic oxidation sites excluding steroid dienone is 9. The molecule has 0 fully saturated rings. The third-order valence-corrected chi connectivity index (χ3v) is 7.01. The molecule has 4 nitrogen and oxygen atoms in total. The smallest absolute Gasteiger partial charge is 0.220 e. The van der Waals surface area contributed by atoms with E-state index in [1.54, 1.807) is 6.08 Å². The van der Waals surface area contributed by atoms with Gasteiger partial charge in [-0.25, -0.2) is 0 Å². The van der Waals surface area contributed by atoms with Crippen LogP contribution < -0.4 is 5.32 Å². The average molecular weight is 558 g/mol. The van der Waals surface area contributed by atoms with Crippen LogP contribution in [0.2, 0.25) is 0 Å². The topological polar surface area (TPSA) is 69.6 Å². The Kier molecular flexibility index (Phi) is 30.1. The lowest BCUT2D eigenvalue weighted by Crippen LogP contribution is -2.45. The van der Waals surface area contributed by atoms with Gasteiger partial charge in [0.15, 0.2) is 0 Å². The molecule has 3 N–H and O–H groups in total. The van der Waals surface area contributed by atoms with Crippen molar-refractivity contribution in [3.8, 4) is 0 Å². The van der Waals surface area contributed by atoms with Crippen molar-refractivity contribution >= 4 is 5.91 Å². The Hall–Kier alpha value is -1.91. The van der Waals surface area contributed by atoms with E-state index in [0.717, 1.165) is 64.2 Å². The highest BCUT2D eigenvalue weighted by Crippen LogP contribution is 2.11. The molecule has 0 aromatic carbocycles. The van der Waals surface area contributed by atoms with Gasteiger partial charge in [0.2, 0.25) is 5.91 Å². The van der Waals surface area contributed by atoms with E-state index in [1.165, 1.54) is 57.8 Å². The predicted molar refractivity (Wildman–Crippen MR) is 174 cm³/mol. The first-order valence-corrected chi connectivity index (χ1v) is 16.5. The summed E-state index contributed by atoms with van der Waals surface area (Å²) < 4.78 is 0. The molecule has 40 heavy (non-hydrogen) atoms. The molecule has 0 rings (SSSR count). The number of aliphatic hydroxyl groups excluding tert-OH is 2. The van der Waals surface area contributed by atoms with Gasteiger partial charge >= 0.3 is 0 Å². The van der Waals surface area contributed by atoms with Crippen LogP contribution in [0.1, 0.15) is 142 Å². The molecular weight excluding hydrogens is 494 g/mol. The summed E-state index contributed by atoms with van der Waals surface area (Å²) in [5.74, 6) is -0.0853. The number of aliphatic hydroxyl groups is 2. The molecule has 0 aliphatic carbocycles. The van der Waals surface area contributed by atoms with Crippen LogP contribution in [0.5, 0.6) is 0 Å². The van der Waals surface area contributed by atoms with E-state index in [1.807, 2.05) is 6.08 Å². The zero-order chi connectivity index (χ0) is 29.4. The Morgan fingerprint density at radius 1 is 0.625 bits per heavy atom. The summed E-state index contributed by atoms with van der Waals surface area (Å²) in [6.07, 6.45) is 42.9. The highest BCUT2D eigenvalue weighted by atomic mass is 16.3. The first-order chi connectivity index (χ1) is 19.7. The number of nitrogens with one attached hydrogen (secondary N) is 1. The van der Waals surface area contributed by atoms with E-state index in [-0.39, 0.29) is 12.5 Å². The summed E-state index contributed by atoms with van der Waals surface area (Å²) in [5.41, 5.74) is 0. The van der Waals surface area contributed by atoms with Crippen molar-refractivity contribution in [2.24, 2.45) is 0 Å². The first kappa shape index (κ1) is 38.1. The minimum Gasteiger partial charge on any atom is -0.394 e. The Balaban J connectivity index is 3.70. The summed E-state index contributed by atoms with van der Waals surface area (Å²) in [7, 11) is 0. The molecular formula is C36H63NO3. The molecule has 2 unspecified atom stereocenters. The number of amides is 1. The van der Waals surface area contributed by atoms with Crippen LogP contribution in [-0.2, 0) is 4.79 Å². The van der Waals surface area contributed by atoms with Gasteiger partial charge in [0.05, 0.1) is 18.8 Å². The third kappa shape index (κ3) is 27.6. The van der Waals surface area contributed by atoms with E-state index in [9.17, 15) is 15.0 Å². The van der Waals surface area contributed by atoms with Crippen LogP contribution >= 0.6 is 0 Å². The molecule has 0 aromatic rings. The molecule has 0 aliphatic heterocycles. The molecule has 0 heterocycles. The number of rotatable bonds is 28. The van der Waals surface area contributed by atoms with Gasteiger partial charge in [-0.3, -0.25) is 4.79 Å². The molecule has 2 atom stereocenters. The second-order valence-electron chi connectivity index (χ2n) is 10.8. The molecule has 230 valence electrons. The lowest BCUT2D eigenvalue weighted by molar-refractivity contribution is -0.123. The van der Waals surface area contributed by atoms with Gasteiger partial charge in [0.25, 0.3) is 0 Å². The second-order valence-corrected chi connectivity index (χ2v) is 10.8. The maximum atomic E-state index is 12.2. The molecule has 0 aliphatic rings. The van der Waals surface area contributed by atoms with Crippen molar-refractivity contribution in [1.29, 1.82) is 0 Å². The highest BCUT2D eigenvalue weighted by molar-refractivity contribution is 5.76. The Morgan fingerprint density at radius 3 is 1.65 bits per heavy atom. The predicted octanol–water partition coefficient (Wildman–Crippen LogP) is 9.45. The lowest BCUT2D eigenvalue weighted by Gasteiger charge is -2.20. The monoisotopic (exact) mass is 557 g/mol. The summed E-state index contributed by atoms with van der Waals surface area (Å²) in [5, 5.41) is 22.7. The van der Waals surface area contributed by atoms with Crippen LogP contribution in [-0.4, -0.2) is 34.9 Å². The van der Waals surface area contributed by atoms with Crippen LogP contribution in [0.15, 0.2) is 60.8 Å². The van der Waals surface area contributed by atoms with Crippen LogP contribution in [0.25, 0.3) is 0 Å². The van der Waals surface area contributed by atoms with Gasteiger partial charge in [-0.15, -0.1) is 0 Å². The zero-order valence-corrected chi connectivity index (χ0v) is 26.1. The van der Waals surface area contributed by atoms with Crippen LogP contribution in [0, 0.1) is 0 Å². The second kappa shape index (κ2) is 31.6. The molecule has 0 radical (unpaired) electrons. The summed E-state index contributed by atoms with van der Waals surface area (Å²) in [6.45, 7) is 4.13. The molecule has 1 amide bonds. The van der Waals surface area contributed by atoms with Crippen molar-refractivity contribution in [3.63, 3.8) is 0 Å². The number of unbranched alkanes of at least 4 members (excludes halogenated alkanes) is 13. The number of hydrogen-bond acceptors (Lipinski definition) is 3. The molecule has 4 heteroatoms. The van der Waals surface area contributed by atoms with Crippen molar-refractivity contribution in [2.75, 3.05) is 6.61 Å². The summed E-state index contributed by atoms with van der Waals surface area (Å²) in [4.78, 5) is 12.2. The van der Waals surface area contributed by atoms with Crippen molar-refractivity contribution in [1.82, 2.24) is 5.32 Å². The molecule has 0 spiro atoms. The largest absolute Gasteiger partial charge is 0.394 e. The number of hydrogen-bond donors (Lipinski definition) is 3. The van der Waals surface area contributed by atoms with E-state index in [2.05, 4.69) is 67.8 Å². The van der Waals surface area contributed by atoms with E-state index in [4.69, 9.17) is 0 Å². The maximum absolute atomic E-state index is 12.2. The summed E-state index contributed by atoms with van der Waals surface area (Å²) >= 11 is 0. The highest BCUT2D eigenvalue weighted by Gasteiger charge is 2.17. The van der Waals surface area contributed by atoms with E-state index >= 15 is 0 Å². The van der Waals surface area contributed by atoms with Crippen LogP contribution in [0.4, 0.5) is 0 Å².